The van der Waals surface area contributed by atoms with E-state index in [4.69, 9.17) is 4.74 Å². The highest BCUT2D eigenvalue weighted by molar-refractivity contribution is 7.93. The molecule has 31 heavy (non-hydrogen) atoms. The number of esters is 1. The number of fused-ring (bicyclic) bond motifs is 1. The van der Waals surface area contributed by atoms with Gasteiger partial charge in [0.1, 0.15) is 19.0 Å². The number of ether oxygens (including phenoxy) is 1. The van der Waals surface area contributed by atoms with Crippen LogP contribution in [0.25, 0.3) is 21.7 Å². The lowest BCUT2D eigenvalue weighted by atomic mass is 10.1. The minimum absolute atomic E-state index is 0.171. The quantitative estimate of drug-likeness (QED) is 0.494. The molecule has 9 heteroatoms. The standard InChI is InChI=1S/C22H17N3O5S/c1-13-5-2-8-15-21(13)23-18(24-22(15)27)12-30-19(26)11-25-16-9-3-6-14-7-4-10-17(20(14)16)31(25,28)29/h2-10H,11-12H2,1H3,(H,23,24,27). The van der Waals surface area contributed by atoms with Crippen LogP contribution in [0.1, 0.15) is 11.4 Å². The summed E-state index contributed by atoms with van der Waals surface area (Å²) in [7, 11) is -3.86. The van der Waals surface area contributed by atoms with Gasteiger partial charge in [0.15, 0.2) is 0 Å². The van der Waals surface area contributed by atoms with Crippen LogP contribution in [0.4, 0.5) is 5.69 Å². The van der Waals surface area contributed by atoms with Gasteiger partial charge in [0.2, 0.25) is 0 Å². The summed E-state index contributed by atoms with van der Waals surface area (Å²) in [6, 6.07) is 15.5. The molecule has 5 rings (SSSR count). The zero-order valence-corrected chi connectivity index (χ0v) is 17.3. The second kappa shape index (κ2) is 6.92. The Morgan fingerprint density at radius 3 is 2.65 bits per heavy atom. The van der Waals surface area contributed by atoms with Crippen molar-refractivity contribution in [3.8, 4) is 0 Å². The molecular formula is C22H17N3O5S. The van der Waals surface area contributed by atoms with Crippen molar-refractivity contribution in [1.82, 2.24) is 9.97 Å². The molecule has 0 saturated heterocycles. The largest absolute Gasteiger partial charge is 0.456 e. The summed E-state index contributed by atoms with van der Waals surface area (Å²) < 4.78 is 32.2. The maximum atomic E-state index is 13.0. The number of nitrogens with one attached hydrogen (secondary N) is 1. The van der Waals surface area contributed by atoms with Crippen molar-refractivity contribution in [2.45, 2.75) is 18.4 Å². The van der Waals surface area contributed by atoms with Gasteiger partial charge in [-0.2, -0.15) is 0 Å². The van der Waals surface area contributed by atoms with Crippen LogP contribution < -0.4 is 9.86 Å². The van der Waals surface area contributed by atoms with Crippen LogP contribution in [-0.2, 0) is 26.2 Å². The molecule has 2 heterocycles. The minimum atomic E-state index is -3.86. The van der Waals surface area contributed by atoms with Crippen molar-refractivity contribution in [3.63, 3.8) is 0 Å². The number of benzene rings is 3. The van der Waals surface area contributed by atoms with Crippen molar-refractivity contribution in [2.24, 2.45) is 0 Å². The van der Waals surface area contributed by atoms with Crippen LogP contribution in [0.3, 0.4) is 0 Å². The average Bonchev–Trinajstić information content (AvgIpc) is 2.96. The fraction of sp³-hybridized carbons (Fsp3) is 0.136. The third-order valence-electron chi connectivity index (χ3n) is 5.31. The molecular weight excluding hydrogens is 418 g/mol. The first kappa shape index (κ1) is 19.3. The molecule has 8 nitrogen and oxygen atoms in total. The van der Waals surface area contributed by atoms with Crippen LogP contribution >= 0.6 is 0 Å². The van der Waals surface area contributed by atoms with Crippen molar-refractivity contribution < 1.29 is 17.9 Å². The Balaban J connectivity index is 1.39. The van der Waals surface area contributed by atoms with Crippen molar-refractivity contribution in [1.29, 1.82) is 0 Å². The number of rotatable bonds is 4. The van der Waals surface area contributed by atoms with Gasteiger partial charge in [0, 0.05) is 5.39 Å². The van der Waals surface area contributed by atoms with Gasteiger partial charge in [-0.25, -0.2) is 13.4 Å². The molecule has 0 bridgehead atoms. The molecule has 0 aliphatic carbocycles. The van der Waals surface area contributed by atoms with Crippen molar-refractivity contribution in [2.75, 3.05) is 10.8 Å². The van der Waals surface area contributed by atoms with Gasteiger partial charge >= 0.3 is 5.97 Å². The van der Waals surface area contributed by atoms with E-state index in [0.29, 0.717) is 22.0 Å². The molecule has 1 aliphatic rings. The van der Waals surface area contributed by atoms with Gasteiger partial charge in [-0.3, -0.25) is 13.9 Å². The van der Waals surface area contributed by atoms with Gasteiger partial charge in [-0.1, -0.05) is 36.4 Å². The first-order chi connectivity index (χ1) is 14.9. The van der Waals surface area contributed by atoms with Crippen molar-refractivity contribution in [3.05, 3.63) is 76.3 Å². The third kappa shape index (κ3) is 3.05. The average molecular weight is 435 g/mol. The molecule has 0 unspecified atom stereocenters. The SMILES string of the molecule is Cc1cccc2c(=O)[nH]c(COC(=O)CN3c4cccc5cccc(c45)S3(=O)=O)nc12. The van der Waals surface area contributed by atoms with Gasteiger partial charge in [0.25, 0.3) is 15.6 Å². The van der Waals surface area contributed by atoms with E-state index >= 15 is 0 Å². The zero-order chi connectivity index (χ0) is 21.8. The molecule has 0 atom stereocenters. The Morgan fingerprint density at radius 2 is 1.84 bits per heavy atom. The molecule has 0 fully saturated rings. The molecule has 0 radical (unpaired) electrons. The highest BCUT2D eigenvalue weighted by atomic mass is 32.2. The van der Waals surface area contributed by atoms with Crippen LogP contribution in [0, 0.1) is 6.92 Å². The molecule has 3 aromatic carbocycles. The number of aryl methyl sites for hydroxylation is 1. The summed E-state index contributed by atoms with van der Waals surface area (Å²) in [6.45, 7) is 1.08. The summed E-state index contributed by atoms with van der Waals surface area (Å²) in [5, 5.41) is 1.82. The highest BCUT2D eigenvalue weighted by Crippen LogP contribution is 2.41. The fourth-order valence-electron chi connectivity index (χ4n) is 3.86. The molecule has 0 amide bonds. The Kier molecular flexibility index (Phi) is 4.30. The van der Waals surface area contributed by atoms with E-state index in [2.05, 4.69) is 9.97 Å². The predicted molar refractivity (Wildman–Crippen MR) is 115 cm³/mol. The number of nitrogens with zero attached hydrogens (tertiary/aromatic N) is 2. The number of hydrogen-bond donors (Lipinski definition) is 1. The van der Waals surface area contributed by atoms with Gasteiger partial charge in [-0.15, -0.1) is 0 Å². The number of carbonyl (C=O) groups is 1. The first-order valence-corrected chi connectivity index (χ1v) is 11.0. The summed E-state index contributed by atoms with van der Waals surface area (Å²) in [4.78, 5) is 31.9. The predicted octanol–water partition coefficient (Wildman–Crippen LogP) is 2.64. The summed E-state index contributed by atoms with van der Waals surface area (Å²) in [6.07, 6.45) is 0. The number of H-pyrrole nitrogens is 1. The van der Waals surface area contributed by atoms with Crippen LogP contribution in [-0.4, -0.2) is 30.9 Å². The topological polar surface area (TPSA) is 109 Å². The molecule has 1 aromatic heterocycles. The Morgan fingerprint density at radius 1 is 1.10 bits per heavy atom. The summed E-state index contributed by atoms with van der Waals surface area (Å²) in [5.41, 5.74) is 1.47. The molecule has 1 N–H and O–H groups in total. The van der Waals surface area contributed by atoms with E-state index in [9.17, 15) is 18.0 Å². The van der Waals surface area contributed by atoms with Gasteiger partial charge in [-0.05, 0) is 36.1 Å². The van der Waals surface area contributed by atoms with Crippen LogP contribution in [0.15, 0.2) is 64.3 Å². The van der Waals surface area contributed by atoms with Crippen LogP contribution in [0.5, 0.6) is 0 Å². The second-order valence-electron chi connectivity index (χ2n) is 7.29. The number of hydrogen-bond acceptors (Lipinski definition) is 6. The van der Waals surface area contributed by atoms with Crippen molar-refractivity contribution >= 4 is 43.4 Å². The minimum Gasteiger partial charge on any atom is -0.456 e. The number of aromatic nitrogens is 2. The van der Waals surface area contributed by atoms with E-state index in [0.717, 1.165) is 15.3 Å². The maximum absolute atomic E-state index is 13.0. The second-order valence-corrected chi connectivity index (χ2v) is 9.12. The van der Waals surface area contributed by atoms with Gasteiger partial charge < -0.3 is 9.72 Å². The maximum Gasteiger partial charge on any atom is 0.327 e. The summed E-state index contributed by atoms with van der Waals surface area (Å²) in [5.74, 6) is -0.560. The Hall–Kier alpha value is -3.72. The number of anilines is 1. The smallest absolute Gasteiger partial charge is 0.327 e. The molecule has 0 spiro atoms. The lowest BCUT2D eigenvalue weighted by Gasteiger charge is -2.17. The summed E-state index contributed by atoms with van der Waals surface area (Å²) >= 11 is 0. The molecule has 1 aliphatic heterocycles. The molecule has 4 aromatic rings. The van der Waals surface area contributed by atoms with E-state index < -0.39 is 22.5 Å². The van der Waals surface area contributed by atoms with Crippen LogP contribution in [0.2, 0.25) is 0 Å². The number of sulfonamides is 1. The van der Waals surface area contributed by atoms with E-state index in [1.54, 1.807) is 30.3 Å². The lowest BCUT2D eigenvalue weighted by molar-refractivity contribution is -0.143. The fourth-order valence-corrected chi connectivity index (χ4v) is 5.52. The monoisotopic (exact) mass is 435 g/mol. The zero-order valence-electron chi connectivity index (χ0n) is 16.5. The number of aromatic amines is 1. The molecule has 0 saturated carbocycles. The molecule has 156 valence electrons. The Labute approximate surface area is 177 Å². The highest BCUT2D eigenvalue weighted by Gasteiger charge is 2.37. The number of carbonyl (C=O) groups excluding carboxylic acids is 1. The van der Waals surface area contributed by atoms with Gasteiger partial charge in [0.05, 0.1) is 21.5 Å². The van der Waals surface area contributed by atoms with E-state index in [1.807, 2.05) is 25.1 Å². The Bertz CT molecular complexity index is 1540. The first-order valence-electron chi connectivity index (χ1n) is 9.55. The van der Waals surface area contributed by atoms with E-state index in [1.165, 1.54) is 6.07 Å². The number of para-hydroxylation sites is 1. The normalized spacial score (nSPS) is 14.3. The lowest BCUT2D eigenvalue weighted by Crippen LogP contribution is -2.33. The van der Waals surface area contributed by atoms with E-state index in [-0.39, 0.29) is 22.9 Å². The third-order valence-corrected chi connectivity index (χ3v) is 7.11.